The Morgan fingerprint density at radius 3 is 2.21 bits per heavy atom. The van der Waals surface area contributed by atoms with Crippen molar-refractivity contribution in [2.45, 2.75) is 71.2 Å². The number of hydrogen-bond donors (Lipinski definition) is 3. The Labute approximate surface area is 329 Å². The van der Waals surface area contributed by atoms with Gasteiger partial charge in [0.25, 0.3) is 5.69 Å². The number of nitrogens with one attached hydrogen (secondary N) is 2. The van der Waals surface area contributed by atoms with Crippen LogP contribution >= 0.6 is 0 Å². The molecule has 2 amide bonds. The van der Waals surface area contributed by atoms with E-state index < -0.39 is 6.29 Å². The zero-order valence-corrected chi connectivity index (χ0v) is 32.3. The fraction of sp³-hybridized carbons (Fsp3) is 0.409. The molecule has 56 heavy (non-hydrogen) atoms. The van der Waals surface area contributed by atoms with E-state index in [9.17, 15) is 24.8 Å². The number of aliphatic hydroxyl groups excluding tert-OH is 1. The number of nitro groups is 1. The van der Waals surface area contributed by atoms with Crippen LogP contribution in [0.2, 0.25) is 0 Å². The van der Waals surface area contributed by atoms with Gasteiger partial charge in [0, 0.05) is 88.5 Å². The third-order valence-corrected chi connectivity index (χ3v) is 10.8. The number of non-ortho nitro benzene ring substituents is 1. The number of ether oxygens (including phenoxy) is 2. The molecular weight excluding hydrogens is 711 g/mol. The molecule has 4 aromatic rings. The number of piperazine rings is 1. The minimum absolute atomic E-state index is 0.0111. The molecule has 2 aliphatic rings. The van der Waals surface area contributed by atoms with E-state index in [1.807, 2.05) is 54.6 Å². The van der Waals surface area contributed by atoms with Crippen LogP contribution in [0.25, 0.3) is 11.1 Å². The van der Waals surface area contributed by atoms with Gasteiger partial charge in [-0.15, -0.1) is 0 Å². The largest absolute Gasteiger partial charge is 0.392 e. The fourth-order valence-electron chi connectivity index (χ4n) is 7.47. The van der Waals surface area contributed by atoms with Gasteiger partial charge in [-0.3, -0.25) is 24.6 Å². The Bertz CT molecular complexity index is 1900. The zero-order valence-electron chi connectivity index (χ0n) is 32.3. The van der Waals surface area contributed by atoms with E-state index in [4.69, 9.17) is 9.47 Å². The smallest absolute Gasteiger partial charge is 0.269 e. The summed E-state index contributed by atoms with van der Waals surface area (Å²) in [6.07, 6.45) is 2.01. The predicted octanol–water partition coefficient (Wildman–Crippen LogP) is 6.68. The molecule has 2 saturated heterocycles. The third-order valence-electron chi connectivity index (χ3n) is 10.8. The van der Waals surface area contributed by atoms with Crippen molar-refractivity contribution in [3.05, 3.63) is 129 Å². The number of hydrogen-bond acceptors (Lipinski definition) is 9. The van der Waals surface area contributed by atoms with Gasteiger partial charge < -0.3 is 30.1 Å². The second kappa shape index (κ2) is 19.6. The number of nitrogens with zero attached hydrogens (tertiary/aromatic N) is 3. The van der Waals surface area contributed by atoms with Crippen molar-refractivity contribution < 1.29 is 29.1 Å². The molecule has 4 aromatic carbocycles. The minimum Gasteiger partial charge on any atom is -0.392 e. The average Bonchev–Trinajstić information content (AvgIpc) is 3.22. The molecule has 0 unspecified atom stereocenters. The Morgan fingerprint density at radius 2 is 1.54 bits per heavy atom. The standard InChI is InChI=1S/C44H53N5O7/c1-31-41(29-47-24-26-48(27-25-47)38-19-21-39(22-20-38)49(53)54)55-44(56-43(31)35-13-11-33(30-50)12-14-35)36-17-15-34(16-18-36)40-9-6-5-8-37(40)28-46-42(52)10-4-3-7-23-45-32(2)51/h5-6,8-9,11-22,31,41,43-44,50H,3-4,7,10,23-30H2,1-2H3,(H,45,51)(H,46,52)/t31-,41+,43+,44+/m0/s1. The lowest BCUT2D eigenvalue weighted by Crippen LogP contribution is -2.51. The molecule has 296 valence electrons. The van der Waals surface area contributed by atoms with E-state index in [0.29, 0.717) is 19.5 Å². The zero-order chi connectivity index (χ0) is 39.4. The highest BCUT2D eigenvalue weighted by Gasteiger charge is 2.39. The summed E-state index contributed by atoms with van der Waals surface area (Å²) < 4.78 is 13.5. The Hall–Kier alpha value is -5.14. The Balaban J connectivity index is 1.11. The first kappa shape index (κ1) is 40.5. The van der Waals surface area contributed by atoms with Crippen LogP contribution in [-0.4, -0.2) is 72.1 Å². The summed E-state index contributed by atoms with van der Waals surface area (Å²) in [6, 6.07) is 31.0. The van der Waals surface area contributed by atoms with Crippen molar-refractivity contribution in [2.75, 3.05) is 44.2 Å². The van der Waals surface area contributed by atoms with Gasteiger partial charge in [-0.2, -0.15) is 0 Å². The molecule has 0 bridgehead atoms. The van der Waals surface area contributed by atoms with Crippen LogP contribution in [0, 0.1) is 16.0 Å². The van der Waals surface area contributed by atoms with Crippen molar-refractivity contribution in [3.63, 3.8) is 0 Å². The molecule has 0 aliphatic carbocycles. The maximum atomic E-state index is 12.6. The number of benzene rings is 4. The summed E-state index contributed by atoms with van der Waals surface area (Å²) in [5.74, 6) is 0.0215. The third kappa shape index (κ3) is 10.8. The molecule has 0 spiro atoms. The summed E-state index contributed by atoms with van der Waals surface area (Å²) >= 11 is 0. The SMILES string of the molecule is CC(=O)NCCCCCC(=O)NCc1ccccc1-c1ccc([C@@H]2O[C@H](CN3CCN(c4ccc([N+](=O)[O-])cc4)CC3)[C@H](C)[C@H](c3ccc(CO)cc3)O2)cc1. The number of carbonyl (C=O) groups is 2. The lowest BCUT2D eigenvalue weighted by Gasteiger charge is -2.44. The first-order valence-corrected chi connectivity index (χ1v) is 19.6. The van der Waals surface area contributed by atoms with Gasteiger partial charge in [0.15, 0.2) is 6.29 Å². The molecule has 12 nitrogen and oxygen atoms in total. The summed E-state index contributed by atoms with van der Waals surface area (Å²) in [4.78, 5) is 39.1. The predicted molar refractivity (Wildman–Crippen MR) is 216 cm³/mol. The van der Waals surface area contributed by atoms with E-state index in [2.05, 4.69) is 57.7 Å². The number of nitro benzene ring substituents is 1. The molecule has 0 aromatic heterocycles. The summed E-state index contributed by atoms with van der Waals surface area (Å²) in [6.45, 7) is 8.72. The van der Waals surface area contributed by atoms with Crippen LogP contribution in [0.1, 0.15) is 74.2 Å². The highest BCUT2D eigenvalue weighted by atomic mass is 16.7. The van der Waals surface area contributed by atoms with Crippen LogP contribution in [0.4, 0.5) is 11.4 Å². The molecular formula is C44H53N5O7. The highest BCUT2D eigenvalue weighted by Crippen LogP contribution is 2.42. The van der Waals surface area contributed by atoms with E-state index in [-0.39, 0.29) is 47.2 Å². The van der Waals surface area contributed by atoms with Crippen LogP contribution in [0.3, 0.4) is 0 Å². The topological polar surface area (TPSA) is 147 Å². The second-order valence-electron chi connectivity index (χ2n) is 14.7. The quantitative estimate of drug-likeness (QED) is 0.0646. The van der Waals surface area contributed by atoms with Gasteiger partial charge >= 0.3 is 0 Å². The van der Waals surface area contributed by atoms with Crippen molar-refractivity contribution in [1.29, 1.82) is 0 Å². The monoisotopic (exact) mass is 763 g/mol. The van der Waals surface area contributed by atoms with E-state index >= 15 is 0 Å². The maximum Gasteiger partial charge on any atom is 0.269 e. The first-order valence-electron chi connectivity index (χ1n) is 19.6. The number of amides is 2. The normalized spacial score (nSPS) is 20.0. The van der Waals surface area contributed by atoms with Gasteiger partial charge in [0.1, 0.15) is 0 Å². The average molecular weight is 764 g/mol. The van der Waals surface area contributed by atoms with E-state index in [1.54, 1.807) is 12.1 Å². The first-order chi connectivity index (χ1) is 27.2. The van der Waals surface area contributed by atoms with Gasteiger partial charge in [-0.1, -0.05) is 86.1 Å². The number of rotatable bonds is 16. The Morgan fingerprint density at radius 1 is 0.839 bits per heavy atom. The van der Waals surface area contributed by atoms with Crippen molar-refractivity contribution in [3.8, 4) is 11.1 Å². The molecule has 2 heterocycles. The molecule has 3 N–H and O–H groups in total. The molecule has 12 heteroatoms. The summed E-state index contributed by atoms with van der Waals surface area (Å²) in [5.41, 5.74) is 6.96. The van der Waals surface area contributed by atoms with Crippen LogP contribution in [0.15, 0.2) is 97.1 Å². The summed E-state index contributed by atoms with van der Waals surface area (Å²) in [5, 5.41) is 26.6. The lowest BCUT2D eigenvalue weighted by atomic mass is 9.89. The van der Waals surface area contributed by atoms with Gasteiger partial charge in [-0.25, -0.2) is 0 Å². The minimum atomic E-state index is -0.595. The number of aliphatic hydroxyl groups is 1. The molecule has 2 fully saturated rings. The molecule has 0 radical (unpaired) electrons. The van der Waals surface area contributed by atoms with Gasteiger partial charge in [-0.05, 0) is 52.8 Å². The van der Waals surface area contributed by atoms with Crippen LogP contribution in [-0.2, 0) is 32.2 Å². The summed E-state index contributed by atoms with van der Waals surface area (Å²) in [7, 11) is 0. The van der Waals surface area contributed by atoms with Crippen molar-refractivity contribution >= 4 is 23.2 Å². The van der Waals surface area contributed by atoms with E-state index in [1.165, 1.54) is 6.92 Å². The number of unbranched alkanes of at least 4 members (excludes halogenated alkanes) is 2. The maximum absolute atomic E-state index is 12.6. The molecule has 0 saturated carbocycles. The second-order valence-corrected chi connectivity index (χ2v) is 14.7. The van der Waals surface area contributed by atoms with Crippen LogP contribution in [0.5, 0.6) is 0 Å². The van der Waals surface area contributed by atoms with Gasteiger partial charge in [0.05, 0.1) is 23.7 Å². The lowest BCUT2D eigenvalue weighted by molar-refractivity contribution is -0.384. The number of carbonyl (C=O) groups excluding carboxylic acids is 2. The van der Waals surface area contributed by atoms with Crippen molar-refractivity contribution in [2.24, 2.45) is 5.92 Å². The van der Waals surface area contributed by atoms with Crippen LogP contribution < -0.4 is 15.5 Å². The van der Waals surface area contributed by atoms with Gasteiger partial charge in [0.2, 0.25) is 11.8 Å². The highest BCUT2D eigenvalue weighted by molar-refractivity contribution is 5.76. The number of anilines is 1. The van der Waals surface area contributed by atoms with Crippen molar-refractivity contribution in [1.82, 2.24) is 15.5 Å². The Kier molecular flexibility index (Phi) is 14.2. The molecule has 2 aliphatic heterocycles. The van der Waals surface area contributed by atoms with E-state index in [0.717, 1.165) is 91.1 Å². The molecule has 6 rings (SSSR count). The molecule has 4 atom stereocenters. The fourth-order valence-corrected chi connectivity index (χ4v) is 7.47.